The molecule has 6 heteroatoms. The molecule has 0 aliphatic carbocycles. The van der Waals surface area contributed by atoms with E-state index in [0.29, 0.717) is 33.0 Å². The van der Waals surface area contributed by atoms with Gasteiger partial charge < -0.3 is 18.9 Å². The Morgan fingerprint density at radius 2 is 1.11 bits per heavy atom. The quantitative estimate of drug-likeness (QED) is 0.328. The molecule has 0 unspecified atom stereocenters. The topological polar surface area (TPSA) is 71.1 Å². The lowest BCUT2D eigenvalue weighted by molar-refractivity contribution is 0.103. The van der Waals surface area contributed by atoms with Gasteiger partial charge in [0, 0.05) is 21.5 Å². The molecule has 3 rings (SSSR count). The molecule has 0 radical (unpaired) electrons. The number of fused-ring (bicyclic) bond motifs is 2. The lowest BCUT2D eigenvalue weighted by Crippen LogP contribution is -2.13. The van der Waals surface area contributed by atoms with Crippen molar-refractivity contribution in [1.29, 1.82) is 0 Å². The van der Waals surface area contributed by atoms with Crippen LogP contribution in [0.2, 0.25) is 0 Å². The predicted molar refractivity (Wildman–Crippen MR) is 106 cm³/mol. The lowest BCUT2D eigenvalue weighted by atomic mass is 9.95. The van der Waals surface area contributed by atoms with E-state index < -0.39 is 12.3 Å². The van der Waals surface area contributed by atoms with Crippen LogP contribution < -0.4 is 9.47 Å². The summed E-state index contributed by atoms with van der Waals surface area (Å²) in [6.45, 7) is 7.63. The monoisotopic (exact) mass is 382 g/mol. The number of benzene rings is 3. The van der Waals surface area contributed by atoms with Gasteiger partial charge in [-0.05, 0) is 38.8 Å². The first-order chi connectivity index (χ1) is 13.5. The number of hydrogen-bond acceptors (Lipinski definition) is 6. The third-order valence-corrected chi connectivity index (χ3v) is 4.38. The predicted octanol–water partition coefficient (Wildman–Crippen LogP) is 5.68. The van der Waals surface area contributed by atoms with Gasteiger partial charge >= 0.3 is 12.3 Å². The second kappa shape index (κ2) is 8.17. The summed E-state index contributed by atoms with van der Waals surface area (Å²) >= 11 is 0. The third-order valence-electron chi connectivity index (χ3n) is 4.38. The highest BCUT2D eigenvalue weighted by atomic mass is 16.7. The second-order valence-corrected chi connectivity index (χ2v) is 6.22. The number of hydrogen-bond donors (Lipinski definition) is 0. The number of ether oxygens (including phenoxy) is 4. The summed E-state index contributed by atoms with van der Waals surface area (Å²) in [6.07, 6.45) is -1.57. The van der Waals surface area contributed by atoms with Crippen LogP contribution in [-0.4, -0.2) is 25.5 Å². The molecule has 0 saturated carbocycles. The second-order valence-electron chi connectivity index (χ2n) is 6.22. The van der Waals surface area contributed by atoms with E-state index in [2.05, 4.69) is 0 Å². The number of carbonyl (C=O) groups excluding carboxylic acids is 2. The van der Waals surface area contributed by atoms with E-state index >= 15 is 0 Å². The molecular formula is C22H22O6. The Bertz CT molecular complexity index is 969. The van der Waals surface area contributed by atoms with Gasteiger partial charge in [-0.25, -0.2) is 9.59 Å². The highest BCUT2D eigenvalue weighted by Gasteiger charge is 2.23. The van der Waals surface area contributed by atoms with Crippen LogP contribution in [0.5, 0.6) is 11.5 Å². The van der Waals surface area contributed by atoms with Crippen LogP contribution in [0, 0.1) is 13.8 Å². The highest BCUT2D eigenvalue weighted by Crippen LogP contribution is 2.45. The maximum Gasteiger partial charge on any atom is 0.513 e. The first kappa shape index (κ1) is 19.5. The van der Waals surface area contributed by atoms with Crippen LogP contribution in [0.15, 0.2) is 36.4 Å². The van der Waals surface area contributed by atoms with Gasteiger partial charge in [-0.2, -0.15) is 0 Å². The average Bonchev–Trinajstić information content (AvgIpc) is 2.65. The van der Waals surface area contributed by atoms with E-state index in [9.17, 15) is 9.59 Å². The van der Waals surface area contributed by atoms with Gasteiger partial charge in [0.05, 0.1) is 13.2 Å². The van der Waals surface area contributed by atoms with Crippen molar-refractivity contribution in [2.45, 2.75) is 27.7 Å². The maximum absolute atomic E-state index is 12.1. The SMILES string of the molecule is CCOC(=O)Oc1c2cccc(C)c2c(OC(=O)OCC)c2cccc(C)c12. The minimum Gasteiger partial charge on any atom is -0.434 e. The fraction of sp³-hybridized carbons (Fsp3) is 0.273. The zero-order chi connectivity index (χ0) is 20.3. The van der Waals surface area contributed by atoms with Crippen LogP contribution in [0.1, 0.15) is 25.0 Å². The summed E-state index contributed by atoms with van der Waals surface area (Å²) in [4.78, 5) is 24.2. The van der Waals surface area contributed by atoms with Gasteiger partial charge in [0.25, 0.3) is 0 Å². The smallest absolute Gasteiger partial charge is 0.434 e. The molecule has 0 aliphatic rings. The van der Waals surface area contributed by atoms with Crippen molar-refractivity contribution in [2.75, 3.05) is 13.2 Å². The fourth-order valence-corrected chi connectivity index (χ4v) is 3.26. The molecule has 0 fully saturated rings. The summed E-state index contributed by atoms with van der Waals surface area (Å²) in [5.41, 5.74) is 1.74. The van der Waals surface area contributed by atoms with Gasteiger partial charge in [0.15, 0.2) is 11.5 Å². The highest BCUT2D eigenvalue weighted by molar-refractivity contribution is 6.14. The Kier molecular flexibility index (Phi) is 5.68. The van der Waals surface area contributed by atoms with Gasteiger partial charge in [0.2, 0.25) is 0 Å². The Hall–Kier alpha value is -3.28. The summed E-state index contributed by atoms with van der Waals surface area (Å²) in [7, 11) is 0. The Morgan fingerprint density at radius 3 is 1.46 bits per heavy atom. The van der Waals surface area contributed by atoms with Crippen molar-refractivity contribution in [3.63, 3.8) is 0 Å². The van der Waals surface area contributed by atoms with Crippen LogP contribution in [0.25, 0.3) is 21.5 Å². The Balaban J connectivity index is 2.38. The molecule has 0 N–H and O–H groups in total. The molecular weight excluding hydrogens is 360 g/mol. The first-order valence-electron chi connectivity index (χ1n) is 9.11. The first-order valence-corrected chi connectivity index (χ1v) is 9.11. The molecule has 0 bridgehead atoms. The summed E-state index contributed by atoms with van der Waals surface area (Å²) in [6, 6.07) is 11.1. The number of aryl methyl sites for hydroxylation is 2. The molecule has 0 heterocycles. The van der Waals surface area contributed by atoms with Gasteiger partial charge in [-0.3, -0.25) is 0 Å². The molecule has 0 aromatic heterocycles. The largest absolute Gasteiger partial charge is 0.513 e. The van der Waals surface area contributed by atoms with E-state index in [1.54, 1.807) is 13.8 Å². The van der Waals surface area contributed by atoms with Crippen LogP contribution in [-0.2, 0) is 9.47 Å². The van der Waals surface area contributed by atoms with Crippen molar-refractivity contribution < 1.29 is 28.5 Å². The molecule has 3 aromatic rings. The molecule has 0 saturated heterocycles. The van der Waals surface area contributed by atoms with Crippen molar-refractivity contribution in [3.05, 3.63) is 47.5 Å². The minimum absolute atomic E-state index is 0.205. The third kappa shape index (κ3) is 3.58. The summed E-state index contributed by atoms with van der Waals surface area (Å²) in [5.74, 6) is 0.753. The zero-order valence-corrected chi connectivity index (χ0v) is 16.3. The van der Waals surface area contributed by atoms with E-state index in [0.717, 1.165) is 11.1 Å². The van der Waals surface area contributed by atoms with Crippen LogP contribution in [0.4, 0.5) is 9.59 Å². The Labute approximate surface area is 162 Å². The van der Waals surface area contributed by atoms with Crippen molar-refractivity contribution in [2.24, 2.45) is 0 Å². The number of carbonyl (C=O) groups is 2. The van der Waals surface area contributed by atoms with Crippen LogP contribution in [0.3, 0.4) is 0 Å². The molecule has 0 atom stereocenters. The van der Waals surface area contributed by atoms with Gasteiger partial charge in [-0.15, -0.1) is 0 Å². The summed E-state index contributed by atoms with van der Waals surface area (Å²) < 4.78 is 21.1. The average molecular weight is 382 g/mol. The molecule has 6 nitrogen and oxygen atoms in total. The molecule has 0 amide bonds. The standard InChI is InChI=1S/C22H22O6/c1-5-25-21(23)27-19-15-11-7-10-14(4)18(15)20(28-22(24)26-6-2)16-12-8-9-13(3)17(16)19/h7-12H,5-6H2,1-4H3. The molecule has 0 spiro atoms. The molecule has 0 aliphatic heterocycles. The number of rotatable bonds is 4. The van der Waals surface area contributed by atoms with E-state index in [1.165, 1.54) is 0 Å². The van der Waals surface area contributed by atoms with Gasteiger partial charge in [0.1, 0.15) is 0 Å². The molecule has 146 valence electrons. The normalized spacial score (nSPS) is 10.7. The molecule has 3 aromatic carbocycles. The van der Waals surface area contributed by atoms with E-state index in [1.807, 2.05) is 50.2 Å². The lowest BCUT2D eigenvalue weighted by Gasteiger charge is -2.18. The fourth-order valence-electron chi connectivity index (χ4n) is 3.26. The van der Waals surface area contributed by atoms with Crippen molar-refractivity contribution >= 4 is 33.9 Å². The minimum atomic E-state index is -0.783. The summed E-state index contributed by atoms with van der Waals surface area (Å²) in [5, 5.41) is 2.64. The van der Waals surface area contributed by atoms with Gasteiger partial charge in [-0.1, -0.05) is 36.4 Å². The van der Waals surface area contributed by atoms with Crippen LogP contribution >= 0.6 is 0 Å². The Morgan fingerprint density at radius 1 is 0.714 bits per heavy atom. The maximum atomic E-state index is 12.1. The molecule has 28 heavy (non-hydrogen) atoms. The zero-order valence-electron chi connectivity index (χ0n) is 16.3. The van der Waals surface area contributed by atoms with E-state index in [-0.39, 0.29) is 13.2 Å². The van der Waals surface area contributed by atoms with E-state index in [4.69, 9.17) is 18.9 Å². The van der Waals surface area contributed by atoms with Crippen molar-refractivity contribution in [3.8, 4) is 11.5 Å². The van der Waals surface area contributed by atoms with Crippen molar-refractivity contribution in [1.82, 2.24) is 0 Å².